The zero-order valence-corrected chi connectivity index (χ0v) is 19.5. The molecule has 3 amide bonds. The van der Waals surface area contributed by atoms with Crippen molar-refractivity contribution in [3.05, 3.63) is 24.3 Å². The molecule has 174 valence electrons. The number of amides is 3. The Hall–Kier alpha value is -2.75. The molecule has 0 bridgehead atoms. The Kier molecular flexibility index (Phi) is 6.18. The largest absolute Gasteiger partial charge is 0.324 e. The number of benzene rings is 1. The molecule has 3 aliphatic rings. The van der Waals surface area contributed by atoms with E-state index in [2.05, 4.69) is 20.8 Å². The van der Waals surface area contributed by atoms with E-state index in [4.69, 9.17) is 0 Å². The third kappa shape index (κ3) is 4.28. The Morgan fingerprint density at radius 1 is 1.15 bits per heavy atom. The highest BCUT2D eigenvalue weighted by molar-refractivity contribution is 7.98. The van der Waals surface area contributed by atoms with Gasteiger partial charge in [0, 0.05) is 11.3 Å². The highest BCUT2D eigenvalue weighted by atomic mass is 32.2. The van der Waals surface area contributed by atoms with Gasteiger partial charge in [-0.2, -0.15) is 11.8 Å². The van der Waals surface area contributed by atoms with Gasteiger partial charge < -0.3 is 5.32 Å². The first kappa shape index (κ1) is 22.1. The van der Waals surface area contributed by atoms with E-state index in [1.54, 1.807) is 17.8 Å². The molecule has 33 heavy (non-hydrogen) atoms. The van der Waals surface area contributed by atoms with Crippen LogP contribution in [0.2, 0.25) is 0 Å². The van der Waals surface area contributed by atoms with Crippen LogP contribution in [-0.4, -0.2) is 60.9 Å². The number of imide groups is 1. The fourth-order valence-corrected chi connectivity index (χ4v) is 5.47. The molecule has 1 aliphatic heterocycles. The topological polar surface area (TPSA) is 110 Å². The third-order valence-electron chi connectivity index (χ3n) is 6.86. The maximum Gasteiger partial charge on any atom is 0.247 e. The molecular weight excluding hydrogens is 440 g/mol. The summed E-state index contributed by atoms with van der Waals surface area (Å²) < 4.78 is 1.82. The number of carbonyl (C=O) groups is 3. The van der Waals surface area contributed by atoms with Gasteiger partial charge in [-0.05, 0) is 66.7 Å². The fourth-order valence-electron chi connectivity index (χ4n) is 5.01. The number of aromatic nitrogens is 4. The highest BCUT2D eigenvalue weighted by Gasteiger charge is 2.51. The maximum absolute atomic E-state index is 13.4. The number of anilines is 1. The number of thioether (sulfide) groups is 1. The molecule has 1 saturated heterocycles. The first-order valence-corrected chi connectivity index (χ1v) is 13.0. The molecule has 2 aliphatic carbocycles. The average Bonchev–Trinajstić information content (AvgIpc) is 3.50. The number of tetrazole rings is 1. The molecule has 1 N–H and O–H groups in total. The van der Waals surface area contributed by atoms with Crippen LogP contribution in [0.1, 0.15) is 51.0 Å². The standard InChI is InChI=1S/C23H28N6O3S/c1-33-12-11-19(28-22(31)17-7-2-3-8-18(17)23(28)32)21(30)24-15-6-4-5-14(13-15)20-25-26-27-29(20)16-9-10-16/h4-6,13,16-19H,2-3,7-12H2,1H3,(H,24,30). The van der Waals surface area contributed by atoms with Crippen molar-refractivity contribution < 1.29 is 14.4 Å². The second-order valence-electron chi connectivity index (χ2n) is 9.09. The summed E-state index contributed by atoms with van der Waals surface area (Å²) in [7, 11) is 0. The van der Waals surface area contributed by atoms with Crippen LogP contribution in [0.15, 0.2) is 24.3 Å². The molecule has 1 aromatic heterocycles. The van der Waals surface area contributed by atoms with Crippen molar-refractivity contribution in [1.82, 2.24) is 25.1 Å². The molecule has 1 aromatic carbocycles. The normalized spacial score (nSPS) is 23.5. The van der Waals surface area contributed by atoms with Crippen molar-refractivity contribution in [3.8, 4) is 11.4 Å². The smallest absolute Gasteiger partial charge is 0.247 e. The van der Waals surface area contributed by atoms with E-state index in [1.165, 1.54) is 4.90 Å². The van der Waals surface area contributed by atoms with E-state index < -0.39 is 6.04 Å². The highest BCUT2D eigenvalue weighted by Crippen LogP contribution is 2.40. The molecule has 9 nitrogen and oxygen atoms in total. The number of rotatable bonds is 8. The summed E-state index contributed by atoms with van der Waals surface area (Å²) in [6, 6.07) is 6.91. The van der Waals surface area contributed by atoms with Gasteiger partial charge in [-0.1, -0.05) is 25.0 Å². The molecule has 3 atom stereocenters. The molecule has 5 rings (SSSR count). The molecule has 2 saturated carbocycles. The van der Waals surface area contributed by atoms with Crippen LogP contribution >= 0.6 is 11.8 Å². The first-order valence-electron chi connectivity index (χ1n) is 11.6. The van der Waals surface area contributed by atoms with Crippen LogP contribution in [0.5, 0.6) is 0 Å². The van der Waals surface area contributed by atoms with Crippen molar-refractivity contribution in [1.29, 1.82) is 0 Å². The van der Waals surface area contributed by atoms with Crippen LogP contribution in [0.25, 0.3) is 11.4 Å². The lowest BCUT2D eigenvalue weighted by Gasteiger charge is -2.26. The number of hydrogen-bond donors (Lipinski definition) is 1. The number of carbonyl (C=O) groups excluding carboxylic acids is 3. The minimum Gasteiger partial charge on any atom is -0.324 e. The molecule has 0 radical (unpaired) electrons. The molecule has 2 heterocycles. The Morgan fingerprint density at radius 2 is 1.88 bits per heavy atom. The quantitative estimate of drug-likeness (QED) is 0.593. The predicted molar refractivity (Wildman–Crippen MR) is 124 cm³/mol. The van der Waals surface area contributed by atoms with Crippen molar-refractivity contribution in [2.45, 2.75) is 57.0 Å². The number of hydrogen-bond acceptors (Lipinski definition) is 7. The molecule has 2 aromatic rings. The molecule has 3 unspecified atom stereocenters. The van der Waals surface area contributed by atoms with Gasteiger partial charge in [-0.15, -0.1) is 5.10 Å². The van der Waals surface area contributed by atoms with Gasteiger partial charge in [0.15, 0.2) is 5.82 Å². The summed E-state index contributed by atoms with van der Waals surface area (Å²) >= 11 is 1.60. The summed E-state index contributed by atoms with van der Waals surface area (Å²) in [4.78, 5) is 40.9. The SMILES string of the molecule is CSCCC(C(=O)Nc1cccc(-c2nnnn2C2CC2)c1)N1C(=O)C2CCCCC2C1=O. The van der Waals surface area contributed by atoms with E-state index in [0.717, 1.165) is 44.1 Å². The average molecular weight is 469 g/mol. The number of likely N-dealkylation sites (tertiary alicyclic amines) is 1. The number of nitrogens with one attached hydrogen (secondary N) is 1. The zero-order chi connectivity index (χ0) is 22.9. The minimum atomic E-state index is -0.802. The number of nitrogens with zero attached hydrogens (tertiary/aromatic N) is 5. The van der Waals surface area contributed by atoms with E-state index >= 15 is 0 Å². The Balaban J connectivity index is 1.37. The van der Waals surface area contributed by atoms with Crippen LogP contribution in [0.4, 0.5) is 5.69 Å². The lowest BCUT2D eigenvalue weighted by Crippen LogP contribution is -2.48. The summed E-state index contributed by atoms with van der Waals surface area (Å²) in [5.41, 5.74) is 1.40. The third-order valence-corrected chi connectivity index (χ3v) is 7.50. The Morgan fingerprint density at radius 3 is 2.55 bits per heavy atom. The summed E-state index contributed by atoms with van der Waals surface area (Å²) in [6.07, 6.45) is 7.91. The lowest BCUT2D eigenvalue weighted by molar-refractivity contribution is -0.146. The van der Waals surface area contributed by atoms with Crippen molar-refractivity contribution >= 4 is 35.2 Å². The van der Waals surface area contributed by atoms with E-state index in [0.29, 0.717) is 29.7 Å². The van der Waals surface area contributed by atoms with Crippen molar-refractivity contribution in [2.24, 2.45) is 11.8 Å². The van der Waals surface area contributed by atoms with Gasteiger partial charge in [-0.25, -0.2) is 4.68 Å². The lowest BCUT2D eigenvalue weighted by atomic mass is 9.81. The van der Waals surface area contributed by atoms with Gasteiger partial charge >= 0.3 is 0 Å². The van der Waals surface area contributed by atoms with Crippen molar-refractivity contribution in [2.75, 3.05) is 17.3 Å². The first-order chi connectivity index (χ1) is 16.1. The van der Waals surface area contributed by atoms with Gasteiger partial charge in [0.05, 0.1) is 17.9 Å². The summed E-state index contributed by atoms with van der Waals surface area (Å²) in [6.45, 7) is 0. The predicted octanol–water partition coefficient (Wildman–Crippen LogP) is 2.91. The van der Waals surface area contributed by atoms with Crippen LogP contribution in [0.3, 0.4) is 0 Å². The maximum atomic E-state index is 13.4. The minimum absolute atomic E-state index is 0.177. The van der Waals surface area contributed by atoms with Gasteiger partial charge in [0.2, 0.25) is 17.7 Å². The molecule has 10 heteroatoms. The molecular formula is C23H28N6O3S. The Labute approximate surface area is 196 Å². The molecule has 3 fully saturated rings. The van der Waals surface area contributed by atoms with E-state index in [1.807, 2.05) is 29.1 Å². The van der Waals surface area contributed by atoms with Gasteiger partial charge in [-0.3, -0.25) is 19.3 Å². The van der Waals surface area contributed by atoms with Crippen LogP contribution in [-0.2, 0) is 14.4 Å². The number of fused-ring (bicyclic) bond motifs is 1. The zero-order valence-electron chi connectivity index (χ0n) is 18.6. The Bertz CT molecular complexity index is 1040. The van der Waals surface area contributed by atoms with E-state index in [-0.39, 0.29) is 29.6 Å². The van der Waals surface area contributed by atoms with E-state index in [9.17, 15) is 14.4 Å². The van der Waals surface area contributed by atoms with Crippen LogP contribution in [0, 0.1) is 11.8 Å². The second kappa shape index (κ2) is 9.24. The van der Waals surface area contributed by atoms with Gasteiger partial charge in [0.1, 0.15) is 6.04 Å². The van der Waals surface area contributed by atoms with Crippen molar-refractivity contribution in [3.63, 3.8) is 0 Å². The fraction of sp³-hybridized carbons (Fsp3) is 0.565. The molecule has 0 spiro atoms. The van der Waals surface area contributed by atoms with Gasteiger partial charge in [0.25, 0.3) is 0 Å². The van der Waals surface area contributed by atoms with Crippen LogP contribution < -0.4 is 5.32 Å². The summed E-state index contributed by atoms with van der Waals surface area (Å²) in [5, 5.41) is 15.0. The monoisotopic (exact) mass is 468 g/mol. The summed E-state index contributed by atoms with van der Waals surface area (Å²) in [5.74, 6) is 0.137. The second-order valence-corrected chi connectivity index (χ2v) is 10.1.